The highest BCUT2D eigenvalue weighted by molar-refractivity contribution is 5.37. The van der Waals surface area contributed by atoms with E-state index in [4.69, 9.17) is 4.74 Å². The maximum absolute atomic E-state index is 9.70. The first kappa shape index (κ1) is 14.9. The molecule has 1 aromatic rings. The molecule has 0 radical (unpaired) electrons. The van der Waals surface area contributed by atoms with E-state index in [2.05, 4.69) is 25.1 Å². The molecule has 2 rings (SSSR count). The van der Waals surface area contributed by atoms with Crippen molar-refractivity contribution in [2.24, 2.45) is 5.92 Å². The summed E-state index contributed by atoms with van der Waals surface area (Å²) in [6, 6.07) is 10.8. The first-order chi connectivity index (χ1) is 9.74. The zero-order valence-corrected chi connectivity index (χ0v) is 12.7. The molecule has 0 amide bonds. The maximum Gasteiger partial charge on any atom is 0.119 e. The molecule has 0 aromatic heterocycles. The molecule has 0 heterocycles. The number of hydrogen-bond donors (Lipinski definition) is 0. The smallest absolute Gasteiger partial charge is 0.119 e. The summed E-state index contributed by atoms with van der Waals surface area (Å²) < 4.78 is 5.48. The number of hydrogen-bond acceptors (Lipinski definition) is 2. The van der Waals surface area contributed by atoms with Crippen LogP contribution in [-0.4, -0.2) is 6.61 Å². The maximum atomic E-state index is 9.70. The molecule has 0 N–H and O–H groups in total. The molecule has 0 bridgehead atoms. The van der Waals surface area contributed by atoms with E-state index in [0.29, 0.717) is 6.61 Å². The van der Waals surface area contributed by atoms with Gasteiger partial charge in [0.05, 0.1) is 18.1 Å². The summed E-state index contributed by atoms with van der Waals surface area (Å²) in [6.07, 6.45) is 6.95. The van der Waals surface area contributed by atoms with E-state index in [-0.39, 0.29) is 5.41 Å². The van der Waals surface area contributed by atoms with Crippen LogP contribution in [0, 0.1) is 17.2 Å². The lowest BCUT2D eigenvalue weighted by atomic mass is 9.67. The lowest BCUT2D eigenvalue weighted by molar-refractivity contribution is 0.265. The Kier molecular flexibility index (Phi) is 5.06. The molecule has 20 heavy (non-hydrogen) atoms. The van der Waals surface area contributed by atoms with Crippen molar-refractivity contribution < 1.29 is 4.74 Å². The largest absolute Gasteiger partial charge is 0.494 e. The average Bonchev–Trinajstić information content (AvgIpc) is 2.50. The third-order valence-corrected chi connectivity index (χ3v) is 4.59. The Morgan fingerprint density at radius 1 is 1.20 bits per heavy atom. The number of ether oxygens (including phenoxy) is 1. The molecule has 1 aliphatic carbocycles. The Morgan fingerprint density at radius 2 is 1.85 bits per heavy atom. The zero-order valence-electron chi connectivity index (χ0n) is 12.7. The highest BCUT2D eigenvalue weighted by Crippen LogP contribution is 2.42. The van der Waals surface area contributed by atoms with Crippen molar-refractivity contribution >= 4 is 0 Å². The van der Waals surface area contributed by atoms with Crippen molar-refractivity contribution in [3.63, 3.8) is 0 Å². The summed E-state index contributed by atoms with van der Waals surface area (Å²) in [4.78, 5) is 0. The molecule has 0 spiro atoms. The van der Waals surface area contributed by atoms with Gasteiger partial charge in [0.2, 0.25) is 0 Å². The molecule has 0 aliphatic heterocycles. The zero-order chi connectivity index (χ0) is 14.4. The van der Waals surface area contributed by atoms with Crippen LogP contribution in [0.5, 0.6) is 5.75 Å². The lowest BCUT2D eigenvalue weighted by Crippen LogP contribution is -2.30. The average molecular weight is 271 g/mol. The van der Waals surface area contributed by atoms with E-state index >= 15 is 0 Å². The highest BCUT2D eigenvalue weighted by Gasteiger charge is 2.36. The molecular formula is C18H25NO. The van der Waals surface area contributed by atoms with Crippen molar-refractivity contribution in [1.29, 1.82) is 5.26 Å². The molecule has 1 aliphatic rings. The first-order valence-electron chi connectivity index (χ1n) is 7.88. The predicted octanol–water partition coefficient (Wildman–Crippen LogP) is 4.84. The van der Waals surface area contributed by atoms with Crippen molar-refractivity contribution in [2.75, 3.05) is 6.61 Å². The second-order valence-corrected chi connectivity index (χ2v) is 5.88. The Hall–Kier alpha value is -1.49. The minimum atomic E-state index is -0.269. The summed E-state index contributed by atoms with van der Waals surface area (Å²) in [5.74, 6) is 1.72. The van der Waals surface area contributed by atoms with Gasteiger partial charge in [0.15, 0.2) is 0 Å². The second kappa shape index (κ2) is 6.79. The van der Waals surface area contributed by atoms with Crippen LogP contribution in [0.3, 0.4) is 0 Å². The van der Waals surface area contributed by atoms with Crippen LogP contribution < -0.4 is 4.74 Å². The monoisotopic (exact) mass is 271 g/mol. The van der Waals surface area contributed by atoms with Crippen molar-refractivity contribution in [3.8, 4) is 11.8 Å². The Morgan fingerprint density at radius 3 is 2.35 bits per heavy atom. The van der Waals surface area contributed by atoms with Crippen molar-refractivity contribution in [2.45, 2.75) is 57.8 Å². The SMILES string of the molecule is CCC[C@H]1CC[C@@](C#N)(c2ccc(OCC)cc2)CC1. The Labute approximate surface area is 122 Å². The van der Waals surface area contributed by atoms with Crippen LogP contribution in [0.4, 0.5) is 0 Å². The molecule has 0 atom stereocenters. The van der Waals surface area contributed by atoms with Gasteiger partial charge in [0.1, 0.15) is 5.75 Å². The predicted molar refractivity (Wildman–Crippen MR) is 81.8 cm³/mol. The minimum absolute atomic E-state index is 0.269. The van der Waals surface area contributed by atoms with E-state index in [0.717, 1.165) is 24.5 Å². The molecular weight excluding hydrogens is 246 g/mol. The summed E-state index contributed by atoms with van der Waals surface area (Å²) in [5, 5.41) is 9.70. The van der Waals surface area contributed by atoms with Gasteiger partial charge >= 0.3 is 0 Å². The van der Waals surface area contributed by atoms with Crippen LogP contribution in [0.1, 0.15) is 57.9 Å². The van der Waals surface area contributed by atoms with Crippen LogP contribution >= 0.6 is 0 Å². The first-order valence-corrected chi connectivity index (χ1v) is 7.88. The van der Waals surface area contributed by atoms with Crippen molar-refractivity contribution in [3.05, 3.63) is 29.8 Å². The second-order valence-electron chi connectivity index (χ2n) is 5.88. The van der Waals surface area contributed by atoms with Crippen LogP contribution in [-0.2, 0) is 5.41 Å². The van der Waals surface area contributed by atoms with E-state index in [1.54, 1.807) is 0 Å². The van der Waals surface area contributed by atoms with Crippen LogP contribution in [0.25, 0.3) is 0 Å². The molecule has 2 heteroatoms. The van der Waals surface area contributed by atoms with Crippen LogP contribution in [0.15, 0.2) is 24.3 Å². The molecule has 2 nitrogen and oxygen atoms in total. The molecule has 0 unspecified atom stereocenters. The Balaban J connectivity index is 2.10. The fourth-order valence-corrected chi connectivity index (χ4v) is 3.37. The minimum Gasteiger partial charge on any atom is -0.494 e. The van der Waals surface area contributed by atoms with Gasteiger partial charge in [-0.2, -0.15) is 5.26 Å². The third kappa shape index (κ3) is 3.15. The molecule has 0 saturated heterocycles. The third-order valence-electron chi connectivity index (χ3n) is 4.59. The fourth-order valence-electron chi connectivity index (χ4n) is 3.37. The number of rotatable bonds is 5. The summed E-state index contributed by atoms with van der Waals surface area (Å²) in [5.41, 5.74) is 0.896. The lowest BCUT2D eigenvalue weighted by Gasteiger charge is -2.35. The molecule has 108 valence electrons. The van der Waals surface area contributed by atoms with Gasteiger partial charge in [-0.1, -0.05) is 31.9 Å². The van der Waals surface area contributed by atoms with Crippen molar-refractivity contribution in [1.82, 2.24) is 0 Å². The highest BCUT2D eigenvalue weighted by atomic mass is 16.5. The summed E-state index contributed by atoms with van der Waals surface area (Å²) in [6.45, 7) is 4.92. The normalized spacial score (nSPS) is 25.9. The van der Waals surface area contributed by atoms with Gasteiger partial charge in [0, 0.05) is 0 Å². The van der Waals surface area contributed by atoms with Gasteiger partial charge in [0.25, 0.3) is 0 Å². The van der Waals surface area contributed by atoms with Crippen LogP contribution in [0.2, 0.25) is 0 Å². The Bertz CT molecular complexity index is 449. The van der Waals surface area contributed by atoms with Gasteiger partial charge < -0.3 is 4.74 Å². The van der Waals surface area contributed by atoms with Gasteiger partial charge in [-0.3, -0.25) is 0 Å². The van der Waals surface area contributed by atoms with E-state index in [1.165, 1.54) is 31.2 Å². The van der Waals surface area contributed by atoms with Gasteiger partial charge in [-0.15, -0.1) is 0 Å². The molecule has 1 saturated carbocycles. The summed E-state index contributed by atoms with van der Waals surface area (Å²) in [7, 11) is 0. The fraction of sp³-hybridized carbons (Fsp3) is 0.611. The summed E-state index contributed by atoms with van der Waals surface area (Å²) >= 11 is 0. The number of benzene rings is 1. The van der Waals surface area contributed by atoms with Gasteiger partial charge in [-0.05, 0) is 56.2 Å². The standard InChI is InChI=1S/C18H25NO/c1-3-5-15-10-12-18(14-19,13-11-15)16-6-8-17(9-7-16)20-4-2/h6-9,15H,3-5,10-13H2,1-2H3/t15-,18+. The topological polar surface area (TPSA) is 33.0 Å². The number of nitriles is 1. The van der Waals surface area contributed by atoms with E-state index in [9.17, 15) is 5.26 Å². The molecule has 1 fully saturated rings. The molecule has 1 aromatic carbocycles. The quantitative estimate of drug-likeness (QED) is 0.768. The number of nitrogens with zero attached hydrogens (tertiary/aromatic N) is 1. The van der Waals surface area contributed by atoms with Gasteiger partial charge in [-0.25, -0.2) is 0 Å². The van der Waals surface area contributed by atoms with E-state index < -0.39 is 0 Å². The van der Waals surface area contributed by atoms with E-state index in [1.807, 2.05) is 19.1 Å².